The van der Waals surface area contributed by atoms with E-state index in [1.54, 1.807) is 0 Å². The second-order valence-corrected chi connectivity index (χ2v) is 25.5. The van der Waals surface area contributed by atoms with Gasteiger partial charge in [-0.3, -0.25) is 0 Å². The van der Waals surface area contributed by atoms with Crippen LogP contribution in [0.4, 0.5) is 13.3 Å². The number of fused-ring (bicyclic) bond motifs is 3. The summed E-state index contributed by atoms with van der Waals surface area (Å²) in [5.41, 5.74) is 0. The van der Waals surface area contributed by atoms with E-state index in [1.807, 2.05) is 0 Å². The number of halogens is 3. The second kappa shape index (κ2) is 7.46. The summed E-state index contributed by atoms with van der Waals surface area (Å²) in [6.45, 7) is 7.83. The highest BCUT2D eigenvalue weighted by atomic mass is 28.6. The first kappa shape index (κ1) is 25.1. The van der Waals surface area contributed by atoms with Gasteiger partial charge in [0.15, 0.2) is 0 Å². The van der Waals surface area contributed by atoms with Crippen LogP contribution in [0.5, 0.6) is 0 Å². The minimum atomic E-state index is -5.38. The molecular formula is C6H21F3O12Si7. The Morgan fingerprint density at radius 3 is 0.964 bits per heavy atom. The summed E-state index contributed by atoms with van der Waals surface area (Å²) in [5.74, 6) is 0. The topological polar surface area (TPSA) is 144 Å². The van der Waals surface area contributed by atoms with Gasteiger partial charge < -0.3 is 51.4 Å². The van der Waals surface area contributed by atoms with Crippen molar-refractivity contribution in [3.63, 3.8) is 0 Å². The van der Waals surface area contributed by atoms with Gasteiger partial charge in [-0.25, -0.2) is 4.11 Å². The van der Waals surface area contributed by atoms with Crippen molar-refractivity contribution in [1.29, 1.82) is 0 Å². The average molecular weight is 539 g/mol. The van der Waals surface area contributed by atoms with Gasteiger partial charge in [-0.15, -0.1) is 0 Å². The Bertz CT molecular complexity index is 507. The highest BCUT2D eigenvalue weighted by molar-refractivity contribution is 6.96. The number of hydrogen-bond donors (Lipinski definition) is 3. The van der Waals surface area contributed by atoms with E-state index in [0.29, 0.717) is 0 Å². The van der Waals surface area contributed by atoms with Crippen LogP contribution in [-0.2, 0) is 37.0 Å². The lowest BCUT2D eigenvalue weighted by Gasteiger charge is -2.52. The molecule has 166 valence electrons. The molecule has 0 aromatic carbocycles. The molecule has 3 N–H and O–H groups in total. The quantitative estimate of drug-likeness (QED) is 0.278. The first-order valence-corrected chi connectivity index (χ1v) is 22.7. The van der Waals surface area contributed by atoms with Crippen LogP contribution in [0.1, 0.15) is 0 Å². The summed E-state index contributed by atoms with van der Waals surface area (Å²) < 4.78 is 80.5. The highest BCUT2D eigenvalue weighted by Crippen LogP contribution is 2.40. The summed E-state index contributed by atoms with van der Waals surface area (Å²) in [6.07, 6.45) is 0. The predicted octanol–water partition coefficient (Wildman–Crippen LogP) is -0.189. The van der Waals surface area contributed by atoms with Crippen LogP contribution in [0, 0.1) is 0 Å². The molecular weight excluding hydrogens is 518 g/mol. The summed E-state index contributed by atoms with van der Waals surface area (Å²) in [4.78, 5) is 31.1. The van der Waals surface area contributed by atoms with E-state index in [2.05, 4.69) is 0 Å². The van der Waals surface area contributed by atoms with Gasteiger partial charge in [0, 0.05) is 48.4 Å². The van der Waals surface area contributed by atoms with Crippen LogP contribution in [0.15, 0.2) is 0 Å². The monoisotopic (exact) mass is 538 g/mol. The average Bonchev–Trinajstić information content (AvgIpc) is 2.27. The Kier molecular flexibility index (Phi) is 6.68. The smallest absolute Gasteiger partial charge is 0.391 e. The summed E-state index contributed by atoms with van der Waals surface area (Å²) >= 11 is 0. The van der Waals surface area contributed by atoms with Crippen LogP contribution in [0.25, 0.3) is 0 Å². The molecule has 0 radical (unpaired) electrons. The van der Waals surface area contributed by atoms with Crippen molar-refractivity contribution < 1.29 is 64.7 Å². The van der Waals surface area contributed by atoms with Gasteiger partial charge in [-0.05, 0) is 0 Å². The van der Waals surface area contributed by atoms with Crippen LogP contribution in [0.2, 0.25) is 39.3 Å². The van der Waals surface area contributed by atoms with Crippen LogP contribution in [-0.4, -0.2) is 76.4 Å². The Labute approximate surface area is 166 Å². The van der Waals surface area contributed by atoms with Gasteiger partial charge in [0.2, 0.25) is 0 Å². The zero-order chi connectivity index (χ0) is 21.9. The normalized spacial score (nSPS) is 57.0. The van der Waals surface area contributed by atoms with Crippen LogP contribution >= 0.6 is 0 Å². The molecule has 4 bridgehead atoms. The van der Waals surface area contributed by atoms with Crippen molar-refractivity contribution >= 4 is 62.0 Å². The number of rotatable bonds is 0. The van der Waals surface area contributed by atoms with Crippen molar-refractivity contribution in [2.45, 2.75) is 39.3 Å². The molecule has 0 aliphatic carbocycles. The Morgan fingerprint density at radius 2 is 0.679 bits per heavy atom. The van der Waals surface area contributed by atoms with Crippen LogP contribution in [0.3, 0.4) is 0 Å². The molecule has 3 fully saturated rings. The lowest BCUT2D eigenvalue weighted by Crippen LogP contribution is -2.79. The van der Waals surface area contributed by atoms with Crippen molar-refractivity contribution in [1.82, 2.24) is 0 Å². The lowest BCUT2D eigenvalue weighted by molar-refractivity contribution is 0.00936. The summed E-state index contributed by atoms with van der Waals surface area (Å²) in [6, 6.07) is 0. The number of hydrogen-bond acceptors (Lipinski definition) is 12. The maximum absolute atomic E-state index is 14.7. The Morgan fingerprint density at radius 1 is 0.464 bits per heavy atom. The fourth-order valence-electron chi connectivity index (χ4n) is 3.16. The third kappa shape index (κ3) is 5.95. The first-order valence-electron chi connectivity index (χ1n) is 7.68. The zero-order valence-corrected chi connectivity index (χ0v) is 22.6. The largest absolute Gasteiger partial charge is 0.702 e. The maximum Gasteiger partial charge on any atom is 0.702 e. The molecule has 28 heavy (non-hydrogen) atoms. The molecule has 0 aromatic rings. The van der Waals surface area contributed by atoms with E-state index >= 15 is 0 Å². The van der Waals surface area contributed by atoms with Gasteiger partial charge in [-0.1, -0.05) is 0 Å². The fourth-order valence-corrected chi connectivity index (χ4v) is 34.0. The molecule has 3 aliphatic rings. The fraction of sp³-hybridized carbons (Fsp3) is 1.00. The molecule has 0 amide bonds. The third-order valence-electron chi connectivity index (χ3n) is 3.23. The molecule has 3 heterocycles. The van der Waals surface area contributed by atoms with Crippen molar-refractivity contribution in [2.24, 2.45) is 0 Å². The molecule has 0 saturated carbocycles. The molecule has 3 saturated heterocycles. The van der Waals surface area contributed by atoms with E-state index in [-0.39, 0.29) is 0 Å². The van der Waals surface area contributed by atoms with E-state index in [1.165, 1.54) is 39.3 Å². The molecule has 0 spiro atoms. The summed E-state index contributed by atoms with van der Waals surface area (Å²) in [5, 5.41) is 0. The van der Waals surface area contributed by atoms with Crippen molar-refractivity contribution in [3.8, 4) is 0 Å². The standard InChI is InChI=1S/C6H21FO12Si7.F2/c1-20(8)11-22(3)12-21(2,9)14-24(5)17-25(6,15-22)16-23(4,13-20)18-26(7,10)19-24;1-2/h8-10H,1-6H3;. The Hall–Kier alpha value is 0.828. The van der Waals surface area contributed by atoms with Gasteiger partial charge >= 0.3 is 62.0 Å². The minimum Gasteiger partial charge on any atom is -0.391 e. The summed E-state index contributed by atoms with van der Waals surface area (Å²) in [7, 11) is -29.1. The van der Waals surface area contributed by atoms with Gasteiger partial charge in [0.1, 0.15) is 0 Å². The van der Waals surface area contributed by atoms with Gasteiger partial charge in [0.05, 0.1) is 0 Å². The molecule has 12 nitrogen and oxygen atoms in total. The van der Waals surface area contributed by atoms with Gasteiger partial charge in [-0.2, -0.15) is 0 Å². The van der Waals surface area contributed by atoms with E-state index in [0.717, 1.165) is 0 Å². The molecule has 4 unspecified atom stereocenters. The molecule has 4 atom stereocenters. The highest BCUT2D eigenvalue weighted by Gasteiger charge is 2.73. The third-order valence-corrected chi connectivity index (χ3v) is 29.1. The molecule has 0 aromatic heterocycles. The van der Waals surface area contributed by atoms with Crippen LogP contribution < -0.4 is 0 Å². The first-order chi connectivity index (χ1) is 12.4. The van der Waals surface area contributed by atoms with Gasteiger partial charge in [0.25, 0.3) is 0 Å². The minimum absolute atomic E-state index is 1.22. The zero-order valence-electron chi connectivity index (χ0n) is 15.6. The van der Waals surface area contributed by atoms with E-state index in [4.69, 9.17) is 46.2 Å². The second-order valence-electron chi connectivity index (χ2n) is 6.67. The Balaban J connectivity index is 0.00000136. The molecule has 3 aliphatic heterocycles. The molecule has 22 heteroatoms. The maximum atomic E-state index is 14.7. The van der Waals surface area contributed by atoms with Crippen molar-refractivity contribution in [3.05, 3.63) is 0 Å². The SMILES string of the molecule is C[Si]1(O)O[Si]2(C)O[Si](C)(O)O[Si]3(C)O[Si](O)(F)O[Si](C)(O1)O[Si](C)(O2)O3.FF. The lowest BCUT2D eigenvalue weighted by atomic mass is 11.9. The molecule has 3 rings (SSSR count). The van der Waals surface area contributed by atoms with E-state index < -0.39 is 62.0 Å². The van der Waals surface area contributed by atoms with E-state index in [9.17, 15) is 18.5 Å². The predicted molar refractivity (Wildman–Crippen MR) is 95.2 cm³/mol. The van der Waals surface area contributed by atoms with Crippen molar-refractivity contribution in [2.75, 3.05) is 0 Å².